The van der Waals surface area contributed by atoms with Crippen LogP contribution >= 0.6 is 0 Å². The summed E-state index contributed by atoms with van der Waals surface area (Å²) < 4.78 is 0. The summed E-state index contributed by atoms with van der Waals surface area (Å²) in [6.45, 7) is 7.17. The maximum Gasteiger partial charge on any atom is 0.0170 e. The predicted octanol–water partition coefficient (Wildman–Crippen LogP) is 3.40. The third-order valence-corrected chi connectivity index (χ3v) is 5.33. The Morgan fingerprint density at radius 2 is 1.78 bits per heavy atom. The van der Waals surface area contributed by atoms with Gasteiger partial charge in [-0.1, -0.05) is 39.0 Å². The van der Waals surface area contributed by atoms with Crippen molar-refractivity contribution in [1.29, 1.82) is 0 Å². The fraction of sp³-hybridized carbons (Fsp3) is 1.00. The molecule has 3 unspecified atom stereocenters. The van der Waals surface area contributed by atoms with Gasteiger partial charge in [0.1, 0.15) is 0 Å². The van der Waals surface area contributed by atoms with Crippen molar-refractivity contribution in [3.8, 4) is 0 Å². The Kier molecular flexibility index (Phi) is 5.50. The lowest BCUT2D eigenvalue weighted by atomic mass is 9.84. The highest BCUT2D eigenvalue weighted by Gasteiger charge is 2.26. The molecule has 0 amide bonds. The zero-order chi connectivity index (χ0) is 13.0. The molecule has 2 N–H and O–H groups in total. The van der Waals surface area contributed by atoms with Gasteiger partial charge in [0.25, 0.3) is 0 Å². The Morgan fingerprint density at radius 1 is 1.06 bits per heavy atom. The molecule has 1 saturated heterocycles. The van der Waals surface area contributed by atoms with Crippen LogP contribution in [0.2, 0.25) is 0 Å². The van der Waals surface area contributed by atoms with Crippen molar-refractivity contribution in [1.82, 2.24) is 4.90 Å². The second-order valence-corrected chi connectivity index (χ2v) is 6.85. The van der Waals surface area contributed by atoms with Crippen molar-refractivity contribution in [3.63, 3.8) is 0 Å². The minimum atomic E-state index is 0.404. The lowest BCUT2D eigenvalue weighted by molar-refractivity contribution is 0.102. The van der Waals surface area contributed by atoms with Gasteiger partial charge in [-0.15, -0.1) is 0 Å². The third-order valence-electron chi connectivity index (χ3n) is 5.33. The van der Waals surface area contributed by atoms with Gasteiger partial charge in [-0.25, -0.2) is 0 Å². The highest BCUT2D eigenvalue weighted by molar-refractivity contribution is 4.82. The van der Waals surface area contributed by atoms with E-state index in [1.165, 1.54) is 57.9 Å². The van der Waals surface area contributed by atoms with Crippen molar-refractivity contribution < 1.29 is 0 Å². The van der Waals surface area contributed by atoms with E-state index in [4.69, 9.17) is 5.73 Å². The van der Waals surface area contributed by atoms with Gasteiger partial charge in [0.2, 0.25) is 0 Å². The van der Waals surface area contributed by atoms with E-state index in [1.54, 1.807) is 0 Å². The number of likely N-dealkylation sites (tertiary alicyclic amines) is 1. The zero-order valence-corrected chi connectivity index (χ0v) is 12.4. The molecule has 0 bridgehead atoms. The molecule has 3 atom stereocenters. The molecular formula is C16H32N2. The number of hydrogen-bond acceptors (Lipinski definition) is 2. The number of hydrogen-bond donors (Lipinski definition) is 1. The molecule has 18 heavy (non-hydrogen) atoms. The highest BCUT2D eigenvalue weighted by Crippen LogP contribution is 2.28. The van der Waals surface area contributed by atoms with Gasteiger partial charge < -0.3 is 5.73 Å². The van der Waals surface area contributed by atoms with Crippen LogP contribution in [0.4, 0.5) is 0 Å². The van der Waals surface area contributed by atoms with Crippen LogP contribution in [0.3, 0.4) is 0 Å². The van der Waals surface area contributed by atoms with E-state index in [-0.39, 0.29) is 0 Å². The second-order valence-electron chi connectivity index (χ2n) is 6.85. The van der Waals surface area contributed by atoms with E-state index >= 15 is 0 Å². The predicted molar refractivity (Wildman–Crippen MR) is 78.6 cm³/mol. The summed E-state index contributed by atoms with van der Waals surface area (Å²) in [6.07, 6.45) is 11.2. The largest absolute Gasteiger partial charge is 0.327 e. The van der Waals surface area contributed by atoms with Crippen LogP contribution in [0.1, 0.15) is 65.2 Å². The third kappa shape index (κ3) is 3.96. The number of piperidine rings is 1. The monoisotopic (exact) mass is 252 g/mol. The van der Waals surface area contributed by atoms with Crippen molar-refractivity contribution >= 4 is 0 Å². The Hall–Kier alpha value is -0.0800. The van der Waals surface area contributed by atoms with Crippen LogP contribution in [-0.4, -0.2) is 30.1 Å². The molecule has 0 aromatic rings. The summed E-state index contributed by atoms with van der Waals surface area (Å²) in [5.74, 6) is 1.77. The summed E-state index contributed by atoms with van der Waals surface area (Å²) in [4.78, 5) is 2.64. The first-order valence-electron chi connectivity index (χ1n) is 8.16. The molecule has 2 rings (SSSR count). The standard InChI is InChI=1S/C16H32N2/c1-13-7-6-10-18(14(13)2)12-16(17)11-15-8-4-3-5-9-15/h13-16H,3-12,17H2,1-2H3. The first kappa shape index (κ1) is 14.3. The van der Waals surface area contributed by atoms with Gasteiger partial charge in [-0.2, -0.15) is 0 Å². The van der Waals surface area contributed by atoms with Gasteiger partial charge in [0.15, 0.2) is 0 Å². The lowest BCUT2D eigenvalue weighted by Gasteiger charge is -2.39. The normalized spacial score (nSPS) is 33.5. The Labute approximate surface area is 113 Å². The molecule has 106 valence electrons. The molecule has 0 aromatic carbocycles. The lowest BCUT2D eigenvalue weighted by Crippen LogP contribution is -2.48. The van der Waals surface area contributed by atoms with Crippen LogP contribution < -0.4 is 5.73 Å². The molecule has 2 aliphatic rings. The molecular weight excluding hydrogens is 220 g/mol. The van der Waals surface area contributed by atoms with E-state index in [0.717, 1.165) is 24.4 Å². The van der Waals surface area contributed by atoms with E-state index in [1.807, 2.05) is 0 Å². The van der Waals surface area contributed by atoms with Crippen molar-refractivity contribution in [2.75, 3.05) is 13.1 Å². The molecule has 1 aliphatic carbocycles. The van der Waals surface area contributed by atoms with Crippen LogP contribution in [-0.2, 0) is 0 Å². The smallest absolute Gasteiger partial charge is 0.0170 e. The van der Waals surface area contributed by atoms with Crippen LogP contribution in [0.5, 0.6) is 0 Å². The topological polar surface area (TPSA) is 29.3 Å². The van der Waals surface area contributed by atoms with Crippen LogP contribution in [0.25, 0.3) is 0 Å². The zero-order valence-electron chi connectivity index (χ0n) is 12.4. The van der Waals surface area contributed by atoms with Crippen molar-refractivity contribution in [3.05, 3.63) is 0 Å². The molecule has 1 heterocycles. The Bertz CT molecular complexity index is 235. The van der Waals surface area contributed by atoms with E-state index < -0.39 is 0 Å². The minimum absolute atomic E-state index is 0.404. The van der Waals surface area contributed by atoms with Crippen LogP contribution in [0.15, 0.2) is 0 Å². The highest BCUT2D eigenvalue weighted by atomic mass is 15.2. The first-order valence-corrected chi connectivity index (χ1v) is 8.16. The summed E-state index contributed by atoms with van der Waals surface area (Å²) in [5.41, 5.74) is 6.40. The molecule has 2 nitrogen and oxygen atoms in total. The van der Waals surface area contributed by atoms with Crippen molar-refractivity contribution in [2.24, 2.45) is 17.6 Å². The van der Waals surface area contributed by atoms with Gasteiger partial charge in [0, 0.05) is 18.6 Å². The maximum atomic E-state index is 6.40. The SMILES string of the molecule is CC1CCCN(CC(N)CC2CCCCC2)C1C. The fourth-order valence-corrected chi connectivity index (χ4v) is 3.91. The average molecular weight is 252 g/mol. The summed E-state index contributed by atoms with van der Waals surface area (Å²) in [6, 6.07) is 1.14. The van der Waals surface area contributed by atoms with E-state index in [0.29, 0.717) is 6.04 Å². The van der Waals surface area contributed by atoms with Crippen molar-refractivity contribution in [2.45, 2.75) is 77.3 Å². The molecule has 2 heteroatoms. The van der Waals surface area contributed by atoms with Gasteiger partial charge in [-0.3, -0.25) is 4.90 Å². The van der Waals surface area contributed by atoms with Gasteiger partial charge in [-0.05, 0) is 44.6 Å². The quantitative estimate of drug-likeness (QED) is 0.831. The Balaban J connectivity index is 1.73. The average Bonchev–Trinajstić information content (AvgIpc) is 2.36. The van der Waals surface area contributed by atoms with Crippen LogP contribution in [0, 0.1) is 11.8 Å². The Morgan fingerprint density at radius 3 is 2.50 bits per heavy atom. The molecule has 1 aliphatic heterocycles. The van der Waals surface area contributed by atoms with Gasteiger partial charge >= 0.3 is 0 Å². The summed E-state index contributed by atoms with van der Waals surface area (Å²) in [7, 11) is 0. The van der Waals surface area contributed by atoms with E-state index in [9.17, 15) is 0 Å². The summed E-state index contributed by atoms with van der Waals surface area (Å²) >= 11 is 0. The molecule has 1 saturated carbocycles. The molecule has 2 fully saturated rings. The fourth-order valence-electron chi connectivity index (χ4n) is 3.91. The maximum absolute atomic E-state index is 6.40. The second kappa shape index (κ2) is 6.91. The van der Waals surface area contributed by atoms with E-state index in [2.05, 4.69) is 18.7 Å². The molecule has 0 spiro atoms. The van der Waals surface area contributed by atoms with Gasteiger partial charge in [0.05, 0.1) is 0 Å². The number of nitrogens with two attached hydrogens (primary N) is 1. The minimum Gasteiger partial charge on any atom is -0.327 e. The summed E-state index contributed by atoms with van der Waals surface area (Å²) in [5, 5.41) is 0. The first-order chi connectivity index (χ1) is 8.66. The molecule has 0 radical (unpaired) electrons. The number of nitrogens with zero attached hydrogens (tertiary/aromatic N) is 1. The number of rotatable bonds is 4. The molecule has 0 aromatic heterocycles.